The third-order valence-corrected chi connectivity index (χ3v) is 15.5. The summed E-state index contributed by atoms with van der Waals surface area (Å²) >= 11 is 0. The Hall–Kier alpha value is -1.33. The molecule has 0 aromatic carbocycles. The summed E-state index contributed by atoms with van der Waals surface area (Å²) in [6.07, 6.45) is 62.6. The minimum Gasteiger partial charge on any atom is -0.394 e. The van der Waals surface area contributed by atoms with Crippen LogP contribution in [0, 0.1) is 0 Å². The molecule has 9 nitrogen and oxygen atoms in total. The predicted octanol–water partition coefficient (Wildman–Crippen LogP) is 16.5. The van der Waals surface area contributed by atoms with Crippen molar-refractivity contribution in [1.29, 1.82) is 0 Å². The summed E-state index contributed by atoms with van der Waals surface area (Å²) in [5.74, 6) is -0.171. The second kappa shape index (κ2) is 54.0. The maximum atomic E-state index is 13.1. The monoisotopic (exact) mass is 1030 g/mol. The molecule has 1 saturated heterocycles. The molecule has 0 aromatic heterocycles. The first-order chi connectivity index (χ1) is 35.8. The van der Waals surface area contributed by atoms with Gasteiger partial charge in [0, 0.05) is 6.42 Å². The Labute approximate surface area is 451 Å². The minimum atomic E-state index is -1.57. The van der Waals surface area contributed by atoms with Gasteiger partial charge in [0.05, 0.1) is 25.4 Å². The highest BCUT2D eigenvalue weighted by atomic mass is 16.7. The van der Waals surface area contributed by atoms with Crippen LogP contribution in [0.4, 0.5) is 0 Å². The summed E-state index contributed by atoms with van der Waals surface area (Å²) in [6.45, 7) is 3.83. The van der Waals surface area contributed by atoms with Gasteiger partial charge in [-0.2, -0.15) is 0 Å². The van der Waals surface area contributed by atoms with E-state index in [9.17, 15) is 30.3 Å². The van der Waals surface area contributed by atoms with Gasteiger partial charge in [-0.3, -0.25) is 4.79 Å². The average Bonchev–Trinajstić information content (AvgIpc) is 3.39. The maximum Gasteiger partial charge on any atom is 0.220 e. The highest BCUT2D eigenvalue weighted by molar-refractivity contribution is 5.76. The van der Waals surface area contributed by atoms with Gasteiger partial charge in [-0.05, 0) is 44.9 Å². The van der Waals surface area contributed by atoms with Crippen LogP contribution in [0.5, 0.6) is 0 Å². The molecule has 0 bridgehead atoms. The van der Waals surface area contributed by atoms with E-state index in [2.05, 4.69) is 31.3 Å². The van der Waals surface area contributed by atoms with E-state index < -0.39 is 49.5 Å². The maximum absolute atomic E-state index is 13.1. The summed E-state index contributed by atoms with van der Waals surface area (Å²) in [6, 6.07) is -0.803. The number of carbonyl (C=O) groups excluding carboxylic acids is 1. The lowest BCUT2D eigenvalue weighted by Gasteiger charge is -2.40. The number of unbranched alkanes of at least 4 members (excludes halogenated alkanes) is 44. The molecule has 1 amide bonds. The number of aliphatic hydroxyl groups excluding tert-OH is 5. The van der Waals surface area contributed by atoms with Gasteiger partial charge in [-0.1, -0.05) is 295 Å². The van der Waals surface area contributed by atoms with Crippen LogP contribution in [-0.2, 0) is 14.3 Å². The summed E-state index contributed by atoms with van der Waals surface area (Å²) in [7, 11) is 0. The molecule has 1 heterocycles. The van der Waals surface area contributed by atoms with Crippen LogP contribution in [0.15, 0.2) is 24.3 Å². The van der Waals surface area contributed by atoms with E-state index in [-0.39, 0.29) is 12.5 Å². The lowest BCUT2D eigenvalue weighted by atomic mass is 9.99. The molecule has 1 rings (SSSR count). The second-order valence-electron chi connectivity index (χ2n) is 22.6. The van der Waals surface area contributed by atoms with Gasteiger partial charge >= 0.3 is 0 Å². The first-order valence-corrected chi connectivity index (χ1v) is 32.1. The van der Waals surface area contributed by atoms with Gasteiger partial charge in [-0.15, -0.1) is 0 Å². The number of hydrogen-bond acceptors (Lipinski definition) is 8. The number of rotatable bonds is 56. The molecule has 0 aromatic rings. The van der Waals surface area contributed by atoms with E-state index in [1.807, 2.05) is 6.08 Å². The lowest BCUT2D eigenvalue weighted by molar-refractivity contribution is -0.302. The standard InChI is InChI=1S/C64H123NO8/c1-3-5-7-9-11-13-15-17-19-21-23-25-26-27-28-29-30-31-32-33-34-36-38-40-42-44-46-48-50-52-54-60(68)65-57(56-72-64-63(71)62(70)61(69)59(55-66)73-64)58(67)53-51-49-47-45-43-41-39-37-35-24-22-20-18-16-14-12-10-8-6-4-2/h27-28,51,53,57-59,61-64,66-67,69-71H,3-26,29-50,52,54-56H2,1-2H3,(H,65,68)/b28-27-,53-51+. The topological polar surface area (TPSA) is 149 Å². The SMILES string of the molecule is CCCCCCCCCCCCCC/C=C\CCCCCCCCCCCCCCCCC(=O)NC(COC1OC(CO)C(O)C(O)C1O)C(O)/C=C/CCCCCCCCCCCCCCCCCCCC. The van der Waals surface area contributed by atoms with Crippen molar-refractivity contribution in [2.75, 3.05) is 13.2 Å². The van der Waals surface area contributed by atoms with Gasteiger partial charge < -0.3 is 40.3 Å². The van der Waals surface area contributed by atoms with Crippen LogP contribution in [0.25, 0.3) is 0 Å². The molecule has 7 atom stereocenters. The Morgan fingerprint density at radius 1 is 0.452 bits per heavy atom. The Kier molecular flexibility index (Phi) is 51.6. The fourth-order valence-corrected chi connectivity index (χ4v) is 10.4. The van der Waals surface area contributed by atoms with Crippen LogP contribution < -0.4 is 5.32 Å². The van der Waals surface area contributed by atoms with E-state index in [0.717, 1.165) is 38.5 Å². The molecular weight excluding hydrogens is 911 g/mol. The van der Waals surface area contributed by atoms with E-state index in [0.29, 0.717) is 6.42 Å². The highest BCUT2D eigenvalue weighted by Crippen LogP contribution is 2.23. The van der Waals surface area contributed by atoms with Crippen molar-refractivity contribution in [3.8, 4) is 0 Å². The smallest absolute Gasteiger partial charge is 0.220 e. The quantitative estimate of drug-likeness (QED) is 0.0261. The number of allylic oxidation sites excluding steroid dienone is 3. The Bertz CT molecular complexity index is 1200. The predicted molar refractivity (Wildman–Crippen MR) is 309 cm³/mol. The minimum absolute atomic E-state index is 0.171. The summed E-state index contributed by atoms with van der Waals surface area (Å²) in [5, 5.41) is 54.6. The van der Waals surface area contributed by atoms with Crippen molar-refractivity contribution in [2.24, 2.45) is 0 Å². The normalized spacial score (nSPS) is 19.1. The zero-order valence-corrected chi connectivity index (χ0v) is 48.2. The summed E-state index contributed by atoms with van der Waals surface area (Å²) in [5.41, 5.74) is 0. The van der Waals surface area contributed by atoms with E-state index in [4.69, 9.17) is 9.47 Å². The van der Waals surface area contributed by atoms with Gasteiger partial charge in [0.1, 0.15) is 24.4 Å². The van der Waals surface area contributed by atoms with Gasteiger partial charge in [0.2, 0.25) is 5.91 Å². The van der Waals surface area contributed by atoms with Crippen LogP contribution in [0.3, 0.4) is 0 Å². The van der Waals surface area contributed by atoms with Crippen molar-refractivity contribution >= 4 is 5.91 Å². The molecule has 9 heteroatoms. The molecular formula is C64H123NO8. The fourth-order valence-electron chi connectivity index (χ4n) is 10.4. The molecule has 0 aliphatic carbocycles. The van der Waals surface area contributed by atoms with Gasteiger partial charge in [-0.25, -0.2) is 0 Å². The molecule has 0 spiro atoms. The molecule has 7 unspecified atom stereocenters. The second-order valence-corrected chi connectivity index (χ2v) is 22.6. The van der Waals surface area contributed by atoms with Crippen molar-refractivity contribution in [3.05, 3.63) is 24.3 Å². The van der Waals surface area contributed by atoms with Crippen LogP contribution in [0.2, 0.25) is 0 Å². The zero-order valence-electron chi connectivity index (χ0n) is 48.2. The first-order valence-electron chi connectivity index (χ1n) is 32.1. The summed E-state index contributed by atoms with van der Waals surface area (Å²) in [4.78, 5) is 13.1. The summed E-state index contributed by atoms with van der Waals surface area (Å²) < 4.78 is 11.3. The number of amides is 1. The highest BCUT2D eigenvalue weighted by Gasteiger charge is 2.44. The van der Waals surface area contributed by atoms with Crippen molar-refractivity contribution < 1.29 is 39.8 Å². The average molecular weight is 1030 g/mol. The van der Waals surface area contributed by atoms with E-state index in [1.54, 1.807) is 6.08 Å². The third-order valence-electron chi connectivity index (χ3n) is 15.5. The molecule has 1 fully saturated rings. The van der Waals surface area contributed by atoms with Crippen molar-refractivity contribution in [2.45, 2.75) is 365 Å². The Balaban J connectivity index is 2.15. The number of nitrogens with one attached hydrogen (secondary N) is 1. The molecule has 73 heavy (non-hydrogen) atoms. The Morgan fingerprint density at radius 2 is 0.767 bits per heavy atom. The van der Waals surface area contributed by atoms with Crippen LogP contribution in [-0.4, -0.2) is 87.5 Å². The van der Waals surface area contributed by atoms with Crippen molar-refractivity contribution in [3.63, 3.8) is 0 Å². The van der Waals surface area contributed by atoms with E-state index in [1.165, 1.54) is 263 Å². The molecule has 1 aliphatic rings. The molecule has 432 valence electrons. The van der Waals surface area contributed by atoms with E-state index >= 15 is 0 Å². The first kappa shape index (κ1) is 69.7. The number of ether oxygens (including phenoxy) is 2. The Morgan fingerprint density at radius 3 is 1.11 bits per heavy atom. The third kappa shape index (κ3) is 43.4. The van der Waals surface area contributed by atoms with Gasteiger partial charge in [0.15, 0.2) is 6.29 Å². The van der Waals surface area contributed by atoms with Gasteiger partial charge in [0.25, 0.3) is 0 Å². The number of hydrogen-bond donors (Lipinski definition) is 6. The fraction of sp³-hybridized carbons (Fsp3) is 0.922. The van der Waals surface area contributed by atoms with Crippen molar-refractivity contribution in [1.82, 2.24) is 5.32 Å². The number of carbonyl (C=O) groups is 1. The largest absolute Gasteiger partial charge is 0.394 e. The van der Waals surface area contributed by atoms with Crippen LogP contribution in [0.1, 0.15) is 322 Å². The number of aliphatic hydroxyl groups is 5. The molecule has 1 aliphatic heterocycles. The molecule has 0 saturated carbocycles. The molecule has 6 N–H and O–H groups in total. The van der Waals surface area contributed by atoms with Crippen LogP contribution >= 0.6 is 0 Å². The lowest BCUT2D eigenvalue weighted by Crippen LogP contribution is -2.60. The zero-order chi connectivity index (χ0) is 52.9. The molecule has 0 radical (unpaired) electrons.